The molecule has 0 bridgehead atoms. The van der Waals surface area contributed by atoms with E-state index in [9.17, 15) is 18.0 Å². The molecule has 0 saturated heterocycles. The first kappa shape index (κ1) is 17.1. The molecule has 0 unspecified atom stereocenters. The summed E-state index contributed by atoms with van der Waals surface area (Å²) in [7, 11) is 1.19. The van der Waals surface area contributed by atoms with Crippen LogP contribution in [0.2, 0.25) is 5.02 Å². The van der Waals surface area contributed by atoms with E-state index in [4.69, 9.17) is 19.1 Å². The average Bonchev–Trinajstić information content (AvgIpc) is 3.16. The molecule has 0 aliphatic rings. The van der Waals surface area contributed by atoms with Crippen LogP contribution >= 0.6 is 11.6 Å². The Labute approximate surface area is 165 Å². The first-order chi connectivity index (χ1) is 14.0. The van der Waals surface area contributed by atoms with Gasteiger partial charge in [-0.3, -0.25) is 0 Å². The first-order valence-electron chi connectivity index (χ1n) is 8.68. The van der Waals surface area contributed by atoms with E-state index in [0.29, 0.717) is 5.69 Å². The number of hydrogen-bond donors (Lipinski definition) is 0. The van der Waals surface area contributed by atoms with Gasteiger partial charge in [0.05, 0.1) is 21.1 Å². The largest absolute Gasteiger partial charge is 0.489 e. The van der Waals surface area contributed by atoms with Crippen LogP contribution in [0.1, 0.15) is 24.5 Å². The van der Waals surface area contributed by atoms with Crippen molar-refractivity contribution >= 4 is 17.6 Å². The van der Waals surface area contributed by atoms with E-state index in [2.05, 4.69) is 14.8 Å². The van der Waals surface area contributed by atoms with Crippen LogP contribution in [-0.4, -0.2) is 27.8 Å². The number of nitrogens with zero attached hydrogens (tertiary/aromatic N) is 3. The number of methoxy groups -OCH3 is 1. The molecule has 3 aromatic rings. The molecule has 6 nitrogen and oxygen atoms in total. The zero-order valence-corrected chi connectivity index (χ0v) is 15.0. The molecule has 146 valence electrons. The molecule has 28 heavy (non-hydrogen) atoms. The number of hydrogen-bond acceptors (Lipinski definition) is 5. The number of benzene rings is 2. The van der Waals surface area contributed by atoms with Crippen LogP contribution < -0.4 is 4.74 Å². The second-order valence-corrected chi connectivity index (χ2v) is 5.77. The Balaban J connectivity index is 1.87. The fraction of sp³-hybridized carbons (Fsp3) is 0.167. The lowest BCUT2D eigenvalue weighted by molar-refractivity contribution is -0.138. The smallest absolute Gasteiger partial charge is 0.416 e. The number of halogens is 4. The van der Waals surface area contributed by atoms with Gasteiger partial charge in [0, 0.05) is 10.6 Å². The molecule has 0 spiro atoms. The molecule has 10 heteroatoms. The van der Waals surface area contributed by atoms with Gasteiger partial charge in [0.25, 0.3) is 5.82 Å². The van der Waals surface area contributed by atoms with Crippen LogP contribution in [0.25, 0.3) is 5.69 Å². The maximum atomic E-state index is 13.3. The minimum absolute atomic E-state index is 0.0508. The molecule has 0 N–H and O–H groups in total. The zero-order chi connectivity index (χ0) is 22.1. The quantitative estimate of drug-likeness (QED) is 0.583. The van der Waals surface area contributed by atoms with Gasteiger partial charge in [-0.2, -0.15) is 13.2 Å². The molecule has 0 fully saturated rings. The van der Waals surface area contributed by atoms with E-state index < -0.39 is 34.9 Å². The Hall–Kier alpha value is -3.07. The number of aromatic nitrogens is 3. The Bertz CT molecular complexity index is 1070. The molecular formula is C18H13ClF3N3O3. The standard InChI is InChI=1S/C18H13ClF3N3O3/c1-27-17(26)16-23-10-25(24-16)11-5-7-12(8-6-11)28-9-13-14(18(20,21)22)3-2-4-15(13)19/h2-8,10H,9H2,1H3/i9D2. The van der Waals surface area contributed by atoms with Crippen LogP contribution in [0.4, 0.5) is 13.2 Å². The normalized spacial score (nSPS) is 12.9. The third kappa shape index (κ3) is 4.25. The summed E-state index contributed by atoms with van der Waals surface area (Å²) >= 11 is 5.85. The van der Waals surface area contributed by atoms with E-state index in [1.807, 2.05) is 0 Å². The van der Waals surface area contributed by atoms with Crippen molar-refractivity contribution in [2.45, 2.75) is 12.7 Å². The predicted molar refractivity (Wildman–Crippen MR) is 93.5 cm³/mol. The Morgan fingerprint density at radius 1 is 1.25 bits per heavy atom. The van der Waals surface area contributed by atoms with Crippen LogP contribution in [-0.2, 0) is 17.5 Å². The van der Waals surface area contributed by atoms with Crippen molar-refractivity contribution < 1.29 is 30.2 Å². The molecule has 2 aromatic carbocycles. The molecule has 1 aromatic heterocycles. The predicted octanol–water partition coefficient (Wildman–Crippen LogP) is 4.31. The topological polar surface area (TPSA) is 66.2 Å². The van der Waals surface area contributed by atoms with E-state index in [1.165, 1.54) is 42.4 Å². The number of carbonyl (C=O) groups excluding carboxylic acids is 1. The molecule has 3 rings (SSSR count). The van der Waals surface area contributed by atoms with Gasteiger partial charge in [-0.05, 0) is 36.4 Å². The lowest BCUT2D eigenvalue weighted by Gasteiger charge is -2.15. The molecule has 1 heterocycles. The highest BCUT2D eigenvalue weighted by Crippen LogP contribution is 2.35. The van der Waals surface area contributed by atoms with Gasteiger partial charge in [-0.1, -0.05) is 17.7 Å². The molecule has 0 amide bonds. The average molecular weight is 414 g/mol. The van der Waals surface area contributed by atoms with Crippen molar-refractivity contribution in [1.82, 2.24) is 14.8 Å². The highest BCUT2D eigenvalue weighted by Gasteiger charge is 2.34. The van der Waals surface area contributed by atoms with Gasteiger partial charge in [0.15, 0.2) is 0 Å². The van der Waals surface area contributed by atoms with Crippen molar-refractivity contribution in [3.05, 3.63) is 70.8 Å². The number of alkyl halides is 3. The summed E-state index contributed by atoms with van der Waals surface area (Å²) in [6.07, 6.45) is -3.55. The summed E-state index contributed by atoms with van der Waals surface area (Å²) in [4.78, 5) is 15.2. The number of esters is 1. The summed E-state index contributed by atoms with van der Waals surface area (Å²) in [5.41, 5.74) is -1.60. The maximum Gasteiger partial charge on any atom is 0.416 e. The highest BCUT2D eigenvalue weighted by atomic mass is 35.5. The van der Waals surface area contributed by atoms with Crippen molar-refractivity contribution in [3.8, 4) is 11.4 Å². The molecule has 0 radical (unpaired) electrons. The van der Waals surface area contributed by atoms with Gasteiger partial charge >= 0.3 is 12.1 Å². The SMILES string of the molecule is [2H]C([2H])(Oc1ccc(-n2cnc(C(=O)OC)n2)cc1)c1c(Cl)cccc1C(F)(F)F. The Morgan fingerprint density at radius 3 is 2.61 bits per heavy atom. The lowest BCUT2D eigenvalue weighted by Crippen LogP contribution is -2.11. The molecule has 0 atom stereocenters. The highest BCUT2D eigenvalue weighted by molar-refractivity contribution is 6.31. The van der Waals surface area contributed by atoms with Crippen LogP contribution in [0, 0.1) is 0 Å². The summed E-state index contributed by atoms with van der Waals surface area (Å²) in [5, 5.41) is 3.51. The molecule has 0 aliphatic carbocycles. The van der Waals surface area contributed by atoms with Gasteiger partial charge in [-0.25, -0.2) is 14.5 Å². The van der Waals surface area contributed by atoms with Crippen molar-refractivity contribution in [2.75, 3.05) is 7.11 Å². The van der Waals surface area contributed by atoms with Gasteiger partial charge in [0.1, 0.15) is 18.6 Å². The second kappa shape index (κ2) is 7.89. The van der Waals surface area contributed by atoms with E-state index >= 15 is 0 Å². The monoisotopic (exact) mass is 413 g/mol. The zero-order valence-electron chi connectivity index (χ0n) is 16.2. The van der Waals surface area contributed by atoms with Gasteiger partial charge < -0.3 is 9.47 Å². The Kier molecular flexibility index (Phi) is 4.81. The van der Waals surface area contributed by atoms with Crippen molar-refractivity contribution in [2.24, 2.45) is 0 Å². The minimum Gasteiger partial charge on any atom is -0.489 e. The van der Waals surface area contributed by atoms with Crippen LogP contribution in [0.3, 0.4) is 0 Å². The number of rotatable bonds is 5. The Morgan fingerprint density at radius 2 is 1.96 bits per heavy atom. The maximum absolute atomic E-state index is 13.3. The van der Waals surface area contributed by atoms with Gasteiger partial charge in [-0.15, -0.1) is 5.10 Å². The number of carbonyl (C=O) groups is 1. The van der Waals surface area contributed by atoms with Crippen LogP contribution in [0.5, 0.6) is 5.75 Å². The van der Waals surface area contributed by atoms with Gasteiger partial charge in [0.2, 0.25) is 0 Å². The second-order valence-electron chi connectivity index (χ2n) is 5.36. The summed E-state index contributed by atoms with van der Waals surface area (Å²) in [5.74, 6) is -0.931. The van der Waals surface area contributed by atoms with E-state index in [1.54, 1.807) is 0 Å². The third-order valence-electron chi connectivity index (χ3n) is 3.55. The molecule has 0 aliphatic heterocycles. The van der Waals surface area contributed by atoms with E-state index in [-0.39, 0.29) is 11.6 Å². The molecule has 0 saturated carbocycles. The first-order valence-corrected chi connectivity index (χ1v) is 8.06. The summed E-state index contributed by atoms with van der Waals surface area (Å²) in [6, 6.07) is 8.54. The van der Waals surface area contributed by atoms with Crippen LogP contribution in [0.15, 0.2) is 48.8 Å². The molecular weight excluding hydrogens is 399 g/mol. The summed E-state index contributed by atoms with van der Waals surface area (Å²) < 4.78 is 66.9. The number of ether oxygens (including phenoxy) is 2. The van der Waals surface area contributed by atoms with Crippen molar-refractivity contribution in [1.29, 1.82) is 0 Å². The van der Waals surface area contributed by atoms with Crippen molar-refractivity contribution in [3.63, 3.8) is 0 Å². The fourth-order valence-electron chi connectivity index (χ4n) is 2.21. The lowest BCUT2D eigenvalue weighted by atomic mass is 10.1. The fourth-order valence-corrected chi connectivity index (χ4v) is 2.43. The summed E-state index contributed by atoms with van der Waals surface area (Å²) in [6.45, 7) is -2.87. The third-order valence-corrected chi connectivity index (χ3v) is 3.87. The van der Waals surface area contributed by atoms with E-state index in [0.717, 1.165) is 18.2 Å². The minimum atomic E-state index is -4.81.